The van der Waals surface area contributed by atoms with E-state index < -0.39 is 0 Å². The monoisotopic (exact) mass is 316 g/mol. The normalized spacial score (nSPS) is 24.9. The number of hydrogen-bond acceptors (Lipinski definition) is 3. The van der Waals surface area contributed by atoms with Gasteiger partial charge in [-0.2, -0.15) is 0 Å². The lowest BCUT2D eigenvalue weighted by molar-refractivity contribution is -0.0762. The zero-order valence-corrected chi connectivity index (χ0v) is 12.6. The van der Waals surface area contributed by atoms with E-state index in [1.54, 1.807) is 0 Å². The van der Waals surface area contributed by atoms with Crippen LogP contribution in [0.3, 0.4) is 0 Å². The maximum atomic E-state index is 5.89. The van der Waals surface area contributed by atoms with Crippen LogP contribution in [0.15, 0.2) is 4.47 Å². The van der Waals surface area contributed by atoms with Crippen LogP contribution in [0, 0.1) is 4.64 Å². The lowest BCUT2D eigenvalue weighted by Crippen LogP contribution is -2.32. The molecular formula is C12H17BrN2OS. The molecule has 5 heteroatoms. The van der Waals surface area contributed by atoms with Crippen molar-refractivity contribution in [2.24, 2.45) is 0 Å². The standard InChI is InChI=1S/C12H17BrN2OS/c1-3-8-9(13)10(17)15-11(14-8)12(2)6-4-5-7-16-12/h3-7H2,1-2H3,(H,14,15,17). The largest absolute Gasteiger partial charge is 0.367 e. The Kier molecular flexibility index (Phi) is 4.00. The smallest absolute Gasteiger partial charge is 0.144 e. The van der Waals surface area contributed by atoms with Crippen molar-refractivity contribution < 1.29 is 4.74 Å². The summed E-state index contributed by atoms with van der Waals surface area (Å²) in [5.41, 5.74) is 0.784. The minimum Gasteiger partial charge on any atom is -0.367 e. The molecule has 1 saturated heterocycles. The van der Waals surface area contributed by atoms with Gasteiger partial charge in [0.25, 0.3) is 0 Å². The van der Waals surface area contributed by atoms with Crippen molar-refractivity contribution in [1.29, 1.82) is 0 Å². The highest BCUT2D eigenvalue weighted by Crippen LogP contribution is 2.33. The molecule has 3 nitrogen and oxygen atoms in total. The third-order valence-corrected chi connectivity index (χ3v) is 4.67. The number of halogens is 1. The highest BCUT2D eigenvalue weighted by Gasteiger charge is 2.32. The number of aryl methyl sites for hydroxylation is 1. The van der Waals surface area contributed by atoms with Crippen molar-refractivity contribution in [3.8, 4) is 0 Å². The summed E-state index contributed by atoms with van der Waals surface area (Å²) in [5, 5.41) is 0. The molecule has 0 aliphatic carbocycles. The molecule has 0 bridgehead atoms. The summed E-state index contributed by atoms with van der Waals surface area (Å²) in [6.45, 7) is 4.99. The van der Waals surface area contributed by atoms with Crippen LogP contribution in [-0.4, -0.2) is 16.6 Å². The van der Waals surface area contributed by atoms with Crippen molar-refractivity contribution >= 4 is 28.1 Å². The molecule has 1 unspecified atom stereocenters. The van der Waals surface area contributed by atoms with Crippen molar-refractivity contribution in [2.45, 2.75) is 45.1 Å². The highest BCUT2D eigenvalue weighted by molar-refractivity contribution is 9.10. The molecule has 1 aliphatic heterocycles. The third-order valence-electron chi connectivity index (χ3n) is 3.26. The van der Waals surface area contributed by atoms with Gasteiger partial charge in [-0.15, -0.1) is 0 Å². The molecule has 1 atom stereocenters. The Morgan fingerprint density at radius 3 is 2.88 bits per heavy atom. The van der Waals surface area contributed by atoms with Crippen LogP contribution in [0.25, 0.3) is 0 Å². The van der Waals surface area contributed by atoms with E-state index >= 15 is 0 Å². The molecule has 0 spiro atoms. The molecule has 1 fully saturated rings. The lowest BCUT2D eigenvalue weighted by atomic mass is 9.95. The molecule has 17 heavy (non-hydrogen) atoms. The Hall–Kier alpha value is -0.260. The van der Waals surface area contributed by atoms with Crippen LogP contribution >= 0.6 is 28.1 Å². The summed E-state index contributed by atoms with van der Waals surface area (Å²) in [7, 11) is 0. The second kappa shape index (κ2) is 5.16. The van der Waals surface area contributed by atoms with E-state index in [0.29, 0.717) is 4.64 Å². The van der Waals surface area contributed by atoms with Crippen molar-refractivity contribution in [3.05, 3.63) is 20.6 Å². The first-order valence-corrected chi connectivity index (χ1v) is 7.20. The van der Waals surface area contributed by atoms with Gasteiger partial charge in [-0.05, 0) is 48.5 Å². The minimum absolute atomic E-state index is 0.309. The molecule has 94 valence electrons. The predicted octanol–water partition coefficient (Wildman–Crippen LogP) is 3.88. The Bertz CT molecular complexity index is 466. The van der Waals surface area contributed by atoms with Gasteiger partial charge in [0.1, 0.15) is 16.1 Å². The van der Waals surface area contributed by atoms with Crippen LogP contribution < -0.4 is 0 Å². The van der Waals surface area contributed by atoms with Crippen LogP contribution in [0.4, 0.5) is 0 Å². The first-order valence-electron chi connectivity index (χ1n) is 6.00. The molecule has 1 aromatic heterocycles. The van der Waals surface area contributed by atoms with E-state index in [0.717, 1.165) is 41.9 Å². The molecule has 1 aromatic rings. The number of aromatic nitrogens is 2. The van der Waals surface area contributed by atoms with Gasteiger partial charge >= 0.3 is 0 Å². The Morgan fingerprint density at radius 1 is 1.53 bits per heavy atom. The molecule has 0 saturated carbocycles. The van der Waals surface area contributed by atoms with E-state index in [2.05, 4.69) is 39.7 Å². The fraction of sp³-hybridized carbons (Fsp3) is 0.667. The van der Waals surface area contributed by atoms with E-state index in [4.69, 9.17) is 17.0 Å². The van der Waals surface area contributed by atoms with Gasteiger partial charge in [0.05, 0.1) is 4.47 Å². The van der Waals surface area contributed by atoms with Gasteiger partial charge < -0.3 is 9.72 Å². The number of nitrogens with one attached hydrogen (secondary N) is 1. The summed E-state index contributed by atoms with van der Waals surface area (Å²) >= 11 is 8.76. The number of nitrogens with zero attached hydrogens (tertiary/aromatic N) is 1. The maximum absolute atomic E-state index is 5.89. The van der Waals surface area contributed by atoms with Gasteiger partial charge in [-0.3, -0.25) is 0 Å². The Morgan fingerprint density at radius 2 is 2.29 bits per heavy atom. The van der Waals surface area contributed by atoms with Crippen molar-refractivity contribution in [2.75, 3.05) is 6.61 Å². The molecular weight excluding hydrogens is 300 g/mol. The molecule has 2 rings (SSSR count). The molecule has 1 aliphatic rings. The van der Waals surface area contributed by atoms with E-state index in [9.17, 15) is 0 Å². The van der Waals surface area contributed by atoms with Gasteiger partial charge in [0.15, 0.2) is 0 Å². The van der Waals surface area contributed by atoms with E-state index in [-0.39, 0.29) is 5.60 Å². The quantitative estimate of drug-likeness (QED) is 0.841. The second-order valence-electron chi connectivity index (χ2n) is 4.57. The van der Waals surface area contributed by atoms with E-state index in [1.807, 2.05) is 0 Å². The molecule has 1 N–H and O–H groups in total. The maximum Gasteiger partial charge on any atom is 0.144 e. The number of hydrogen-bond donors (Lipinski definition) is 1. The fourth-order valence-corrected chi connectivity index (χ4v) is 2.80. The number of rotatable bonds is 2. The average Bonchev–Trinajstić information content (AvgIpc) is 2.33. The van der Waals surface area contributed by atoms with Gasteiger partial charge in [-0.1, -0.05) is 19.1 Å². The number of aromatic amines is 1. The summed E-state index contributed by atoms with van der Waals surface area (Å²) in [4.78, 5) is 7.83. The first kappa shape index (κ1) is 13.2. The summed E-state index contributed by atoms with van der Waals surface area (Å²) in [5.74, 6) is 0.863. The zero-order chi connectivity index (χ0) is 12.5. The SMILES string of the molecule is CCc1[nH]c(C2(C)CCCCO2)nc(=S)c1Br. The second-order valence-corrected chi connectivity index (χ2v) is 5.75. The summed E-state index contributed by atoms with van der Waals surface area (Å²) in [6.07, 6.45) is 4.20. The number of H-pyrrole nitrogens is 1. The molecule has 2 heterocycles. The topological polar surface area (TPSA) is 37.9 Å². The first-order chi connectivity index (χ1) is 8.07. The van der Waals surface area contributed by atoms with Gasteiger partial charge in [0, 0.05) is 12.3 Å². The summed E-state index contributed by atoms with van der Waals surface area (Å²) < 4.78 is 7.41. The fourth-order valence-electron chi connectivity index (χ4n) is 2.12. The minimum atomic E-state index is -0.309. The molecule has 0 radical (unpaired) electrons. The van der Waals surface area contributed by atoms with Crippen molar-refractivity contribution in [3.63, 3.8) is 0 Å². The lowest BCUT2D eigenvalue weighted by Gasteiger charge is -2.33. The highest BCUT2D eigenvalue weighted by atomic mass is 79.9. The Labute approximate surface area is 115 Å². The third kappa shape index (κ3) is 2.61. The predicted molar refractivity (Wildman–Crippen MR) is 73.7 cm³/mol. The van der Waals surface area contributed by atoms with Gasteiger partial charge in [0.2, 0.25) is 0 Å². The zero-order valence-electron chi connectivity index (χ0n) is 10.2. The summed E-state index contributed by atoms with van der Waals surface area (Å²) in [6, 6.07) is 0. The molecule has 0 amide bonds. The van der Waals surface area contributed by atoms with E-state index in [1.165, 1.54) is 6.42 Å². The van der Waals surface area contributed by atoms with Gasteiger partial charge in [-0.25, -0.2) is 4.98 Å². The average molecular weight is 317 g/mol. The van der Waals surface area contributed by atoms with Crippen LogP contribution in [-0.2, 0) is 16.8 Å². The Balaban J connectivity index is 2.45. The van der Waals surface area contributed by atoms with Crippen LogP contribution in [0.5, 0.6) is 0 Å². The van der Waals surface area contributed by atoms with Crippen LogP contribution in [0.2, 0.25) is 0 Å². The number of ether oxygens (including phenoxy) is 1. The molecule has 0 aromatic carbocycles. The van der Waals surface area contributed by atoms with Crippen molar-refractivity contribution in [1.82, 2.24) is 9.97 Å². The van der Waals surface area contributed by atoms with Crippen LogP contribution in [0.1, 0.15) is 44.6 Å².